The maximum absolute atomic E-state index is 13.8. The Kier molecular flexibility index (Phi) is 3.42. The van der Waals surface area contributed by atoms with Gasteiger partial charge in [0.05, 0.1) is 20.8 Å². The normalized spacial score (nSPS) is 10.4. The van der Waals surface area contributed by atoms with Gasteiger partial charge in [0.1, 0.15) is 0 Å². The highest BCUT2D eigenvalue weighted by Gasteiger charge is 2.16. The van der Waals surface area contributed by atoms with Crippen molar-refractivity contribution < 1.29 is 18.4 Å². The van der Waals surface area contributed by atoms with Gasteiger partial charge in [-0.2, -0.15) is 4.98 Å². The van der Waals surface area contributed by atoms with Crippen LogP contribution in [0.5, 0.6) is 11.5 Å². The molecule has 96 valence electrons. The van der Waals surface area contributed by atoms with Crippen molar-refractivity contribution in [2.45, 2.75) is 6.54 Å². The third-order valence-corrected chi connectivity index (χ3v) is 2.33. The lowest BCUT2D eigenvalue weighted by molar-refractivity contribution is 0.337. The number of aromatic nitrogens is 2. The average molecular weight is 253 g/mol. The van der Waals surface area contributed by atoms with Crippen LogP contribution in [0.2, 0.25) is 0 Å². The quantitative estimate of drug-likeness (QED) is 0.885. The lowest BCUT2D eigenvalue weighted by atomic mass is 10.2. The van der Waals surface area contributed by atoms with Crippen LogP contribution < -0.4 is 15.2 Å². The third-order valence-electron chi connectivity index (χ3n) is 2.33. The van der Waals surface area contributed by atoms with E-state index in [1.54, 1.807) is 6.07 Å². The van der Waals surface area contributed by atoms with Crippen molar-refractivity contribution in [3.63, 3.8) is 0 Å². The summed E-state index contributed by atoms with van der Waals surface area (Å²) < 4.78 is 28.6. The second kappa shape index (κ2) is 5.01. The van der Waals surface area contributed by atoms with Crippen molar-refractivity contribution in [1.29, 1.82) is 0 Å². The fraction of sp³-hybridized carbons (Fsp3) is 0.273. The maximum atomic E-state index is 13.8. The summed E-state index contributed by atoms with van der Waals surface area (Å²) in [6.07, 6.45) is 0. The van der Waals surface area contributed by atoms with Gasteiger partial charge in [0.15, 0.2) is 17.3 Å². The molecule has 0 aliphatic carbocycles. The molecular weight excluding hydrogens is 241 g/mol. The summed E-state index contributed by atoms with van der Waals surface area (Å²) in [5, 5.41) is 3.70. The third kappa shape index (κ3) is 2.12. The van der Waals surface area contributed by atoms with Gasteiger partial charge in [-0.1, -0.05) is 5.16 Å². The predicted octanol–water partition coefficient (Wildman–Crippen LogP) is 1.35. The minimum Gasteiger partial charge on any atom is -0.493 e. The Hall–Kier alpha value is -2.15. The molecule has 0 atom stereocenters. The second-order valence-corrected chi connectivity index (χ2v) is 3.41. The molecule has 0 aliphatic rings. The predicted molar refractivity (Wildman–Crippen MR) is 60.7 cm³/mol. The number of nitrogens with zero attached hydrogens (tertiary/aromatic N) is 2. The van der Waals surface area contributed by atoms with E-state index in [0.29, 0.717) is 5.56 Å². The first-order valence-corrected chi connectivity index (χ1v) is 5.14. The van der Waals surface area contributed by atoms with E-state index in [2.05, 4.69) is 10.1 Å². The van der Waals surface area contributed by atoms with Gasteiger partial charge in [0.25, 0.3) is 0 Å². The molecule has 2 aromatic rings. The largest absolute Gasteiger partial charge is 0.493 e. The lowest BCUT2D eigenvalue weighted by Crippen LogP contribution is -1.97. The van der Waals surface area contributed by atoms with Gasteiger partial charge in [-0.15, -0.1) is 0 Å². The van der Waals surface area contributed by atoms with Crippen molar-refractivity contribution in [3.05, 3.63) is 23.8 Å². The van der Waals surface area contributed by atoms with Gasteiger partial charge in [-0.25, -0.2) is 4.39 Å². The highest BCUT2D eigenvalue weighted by molar-refractivity contribution is 5.61. The van der Waals surface area contributed by atoms with Gasteiger partial charge >= 0.3 is 0 Å². The second-order valence-electron chi connectivity index (χ2n) is 3.41. The maximum Gasteiger partial charge on any atom is 0.240 e. The van der Waals surface area contributed by atoms with Crippen LogP contribution in [0.4, 0.5) is 4.39 Å². The molecule has 1 heterocycles. The van der Waals surface area contributed by atoms with E-state index in [1.807, 2.05) is 0 Å². The number of halogens is 1. The molecule has 0 unspecified atom stereocenters. The van der Waals surface area contributed by atoms with E-state index < -0.39 is 5.82 Å². The van der Waals surface area contributed by atoms with Crippen LogP contribution in [-0.2, 0) is 6.54 Å². The summed E-state index contributed by atoms with van der Waals surface area (Å²) in [6, 6.07) is 2.81. The summed E-state index contributed by atoms with van der Waals surface area (Å²) in [4.78, 5) is 4.01. The monoisotopic (exact) mass is 253 g/mol. The van der Waals surface area contributed by atoms with E-state index in [1.165, 1.54) is 20.3 Å². The molecule has 0 saturated carbocycles. The van der Waals surface area contributed by atoms with E-state index in [0.717, 1.165) is 0 Å². The highest BCUT2D eigenvalue weighted by atomic mass is 19.1. The fourth-order valence-electron chi connectivity index (χ4n) is 1.50. The molecule has 1 aromatic carbocycles. The molecule has 18 heavy (non-hydrogen) atoms. The lowest BCUT2D eigenvalue weighted by Gasteiger charge is -2.09. The molecule has 7 heteroatoms. The van der Waals surface area contributed by atoms with E-state index >= 15 is 0 Å². The number of benzene rings is 1. The molecule has 0 bridgehead atoms. The molecule has 1 aromatic heterocycles. The minimum absolute atomic E-state index is 0.0313. The highest BCUT2D eigenvalue weighted by Crippen LogP contribution is 2.34. The molecule has 6 nitrogen and oxygen atoms in total. The Morgan fingerprint density at radius 2 is 2.11 bits per heavy atom. The molecule has 2 rings (SSSR count). The topological polar surface area (TPSA) is 83.4 Å². The summed E-state index contributed by atoms with van der Waals surface area (Å²) in [5.74, 6) is 0.247. The number of methoxy groups -OCH3 is 2. The molecule has 0 radical (unpaired) electrons. The van der Waals surface area contributed by atoms with E-state index in [9.17, 15) is 4.39 Å². The minimum atomic E-state index is -0.564. The van der Waals surface area contributed by atoms with E-state index in [-0.39, 0.29) is 29.8 Å². The zero-order valence-electron chi connectivity index (χ0n) is 9.94. The first kappa shape index (κ1) is 12.3. The number of nitrogens with two attached hydrogens (primary N) is 1. The van der Waals surface area contributed by atoms with Crippen molar-refractivity contribution in [2.24, 2.45) is 5.73 Å². The van der Waals surface area contributed by atoms with Gasteiger partial charge in [0, 0.05) is 5.56 Å². The van der Waals surface area contributed by atoms with Crippen LogP contribution >= 0.6 is 0 Å². The Bertz CT molecular complexity index is 556. The zero-order valence-corrected chi connectivity index (χ0v) is 9.94. The van der Waals surface area contributed by atoms with Crippen LogP contribution in [0, 0.1) is 5.82 Å². The van der Waals surface area contributed by atoms with Gasteiger partial charge in [0.2, 0.25) is 11.7 Å². The zero-order chi connectivity index (χ0) is 13.1. The Balaban J connectivity index is 2.48. The van der Waals surface area contributed by atoms with Gasteiger partial charge in [-0.3, -0.25) is 0 Å². The fourth-order valence-corrected chi connectivity index (χ4v) is 1.50. The summed E-state index contributed by atoms with van der Waals surface area (Å²) in [6.45, 7) is 0.128. The standard InChI is InChI=1S/C11H12FN3O3/c1-16-8-4-6(3-7(12)10(8)17-2)11-14-9(5-13)18-15-11/h3-4H,5,13H2,1-2H3. The molecule has 0 spiro atoms. The first-order chi connectivity index (χ1) is 8.69. The van der Waals surface area contributed by atoms with Crippen molar-refractivity contribution in [1.82, 2.24) is 10.1 Å². The Labute approximate surface area is 103 Å². The molecule has 0 aliphatic heterocycles. The molecule has 0 fully saturated rings. The van der Waals surface area contributed by atoms with Crippen molar-refractivity contribution >= 4 is 0 Å². The molecule has 0 saturated heterocycles. The summed E-state index contributed by atoms with van der Waals surface area (Å²) >= 11 is 0. The Morgan fingerprint density at radius 1 is 1.33 bits per heavy atom. The van der Waals surface area contributed by atoms with Crippen LogP contribution in [0.1, 0.15) is 5.89 Å². The first-order valence-electron chi connectivity index (χ1n) is 5.14. The molecular formula is C11H12FN3O3. The van der Waals surface area contributed by atoms with Crippen LogP contribution in [0.25, 0.3) is 11.4 Å². The number of rotatable bonds is 4. The van der Waals surface area contributed by atoms with Crippen LogP contribution in [0.15, 0.2) is 16.7 Å². The van der Waals surface area contributed by atoms with Gasteiger partial charge in [-0.05, 0) is 12.1 Å². The molecule has 2 N–H and O–H groups in total. The van der Waals surface area contributed by atoms with Crippen LogP contribution in [0.3, 0.4) is 0 Å². The number of hydrogen-bond donors (Lipinski definition) is 1. The van der Waals surface area contributed by atoms with Crippen molar-refractivity contribution in [2.75, 3.05) is 14.2 Å². The number of hydrogen-bond acceptors (Lipinski definition) is 6. The van der Waals surface area contributed by atoms with Crippen molar-refractivity contribution in [3.8, 4) is 22.9 Å². The van der Waals surface area contributed by atoms with Crippen LogP contribution in [-0.4, -0.2) is 24.4 Å². The van der Waals surface area contributed by atoms with E-state index in [4.69, 9.17) is 19.7 Å². The smallest absolute Gasteiger partial charge is 0.240 e. The average Bonchev–Trinajstić information content (AvgIpc) is 2.86. The van der Waals surface area contributed by atoms with Gasteiger partial charge < -0.3 is 19.7 Å². The summed E-state index contributed by atoms with van der Waals surface area (Å²) in [7, 11) is 2.78. The SMILES string of the molecule is COc1cc(-c2noc(CN)n2)cc(F)c1OC. The Morgan fingerprint density at radius 3 is 2.67 bits per heavy atom. The summed E-state index contributed by atoms with van der Waals surface area (Å²) in [5.41, 5.74) is 5.78. The molecule has 0 amide bonds. The number of ether oxygens (including phenoxy) is 2.